The molecule has 0 radical (unpaired) electrons. The van der Waals surface area contributed by atoms with E-state index in [2.05, 4.69) is 45.1 Å². The molecule has 0 aliphatic carbocycles. The molecular formula is C17H27NO2. The molecule has 112 valence electrons. The van der Waals surface area contributed by atoms with Gasteiger partial charge in [-0.05, 0) is 46.1 Å². The Labute approximate surface area is 122 Å². The second-order valence-corrected chi connectivity index (χ2v) is 6.96. The average molecular weight is 277 g/mol. The fourth-order valence-corrected chi connectivity index (χ4v) is 3.18. The minimum atomic E-state index is -0.201. The molecule has 1 saturated heterocycles. The summed E-state index contributed by atoms with van der Waals surface area (Å²) in [6.07, 6.45) is 1.80. The third-order valence-electron chi connectivity index (χ3n) is 4.06. The lowest BCUT2D eigenvalue weighted by Gasteiger charge is -2.30. The minimum absolute atomic E-state index is 0.0687. The molecule has 1 aliphatic heterocycles. The van der Waals surface area contributed by atoms with Crippen LogP contribution >= 0.6 is 0 Å². The van der Waals surface area contributed by atoms with Gasteiger partial charge in [0.1, 0.15) is 0 Å². The summed E-state index contributed by atoms with van der Waals surface area (Å²) in [4.78, 5) is 0. The smallest absolute Gasteiger partial charge is 0.0787 e. The number of ether oxygens (including phenoxy) is 1. The van der Waals surface area contributed by atoms with E-state index in [4.69, 9.17) is 4.74 Å². The van der Waals surface area contributed by atoms with Gasteiger partial charge < -0.3 is 15.2 Å². The summed E-state index contributed by atoms with van der Waals surface area (Å²) in [6.45, 7) is 8.64. The highest BCUT2D eigenvalue weighted by Gasteiger charge is 2.46. The van der Waals surface area contributed by atoms with Crippen LogP contribution < -0.4 is 5.32 Å². The number of nitrogens with one attached hydrogen (secondary N) is 1. The molecule has 20 heavy (non-hydrogen) atoms. The molecule has 1 aliphatic rings. The highest BCUT2D eigenvalue weighted by atomic mass is 16.5. The van der Waals surface area contributed by atoms with E-state index < -0.39 is 0 Å². The van der Waals surface area contributed by atoms with Crippen molar-refractivity contribution in [3.05, 3.63) is 35.9 Å². The van der Waals surface area contributed by atoms with Gasteiger partial charge in [-0.2, -0.15) is 0 Å². The third-order valence-corrected chi connectivity index (χ3v) is 4.06. The molecule has 0 amide bonds. The van der Waals surface area contributed by atoms with Gasteiger partial charge in [-0.15, -0.1) is 0 Å². The molecule has 2 atom stereocenters. The summed E-state index contributed by atoms with van der Waals surface area (Å²) >= 11 is 0. The summed E-state index contributed by atoms with van der Waals surface area (Å²) in [5.41, 5.74) is 0.941. The molecule has 2 unspecified atom stereocenters. The Morgan fingerprint density at radius 2 is 1.90 bits per heavy atom. The van der Waals surface area contributed by atoms with Gasteiger partial charge in [0.05, 0.1) is 17.8 Å². The number of hydrogen-bond acceptors (Lipinski definition) is 3. The van der Waals surface area contributed by atoms with Gasteiger partial charge in [0, 0.05) is 12.1 Å². The first kappa shape index (κ1) is 15.5. The van der Waals surface area contributed by atoms with Crippen LogP contribution in [0.15, 0.2) is 30.3 Å². The standard InChI is InChI=1S/C17H27NO2/c1-16(2)11-15(17(3,4)20-16)18-14(12-19)10-13-8-6-5-7-9-13/h5-9,14-15,18-19H,10-12H2,1-4H3. The molecule has 0 bridgehead atoms. The van der Waals surface area contributed by atoms with Crippen molar-refractivity contribution in [2.45, 2.75) is 63.8 Å². The molecule has 3 nitrogen and oxygen atoms in total. The highest BCUT2D eigenvalue weighted by Crippen LogP contribution is 2.37. The van der Waals surface area contributed by atoms with Gasteiger partial charge in [-0.1, -0.05) is 30.3 Å². The Bertz CT molecular complexity index is 428. The molecular weight excluding hydrogens is 250 g/mol. The number of rotatable bonds is 5. The number of aliphatic hydroxyl groups is 1. The van der Waals surface area contributed by atoms with E-state index in [0.717, 1.165) is 12.8 Å². The molecule has 1 heterocycles. The maximum atomic E-state index is 9.64. The fraction of sp³-hybridized carbons (Fsp3) is 0.647. The molecule has 2 rings (SSSR count). The van der Waals surface area contributed by atoms with Gasteiger partial charge in [-0.25, -0.2) is 0 Å². The number of aliphatic hydroxyl groups excluding tert-OH is 1. The van der Waals surface area contributed by atoms with Crippen LogP contribution in [0, 0.1) is 0 Å². The van der Waals surface area contributed by atoms with Crippen LogP contribution in [-0.4, -0.2) is 35.0 Å². The highest BCUT2D eigenvalue weighted by molar-refractivity contribution is 5.16. The first-order chi connectivity index (χ1) is 9.32. The maximum absolute atomic E-state index is 9.64. The van der Waals surface area contributed by atoms with Crippen molar-refractivity contribution in [3.8, 4) is 0 Å². The van der Waals surface area contributed by atoms with Crippen molar-refractivity contribution in [2.75, 3.05) is 6.61 Å². The van der Waals surface area contributed by atoms with Gasteiger partial charge in [-0.3, -0.25) is 0 Å². The van der Waals surface area contributed by atoms with Crippen LogP contribution in [0.5, 0.6) is 0 Å². The fourth-order valence-electron chi connectivity index (χ4n) is 3.18. The zero-order valence-corrected chi connectivity index (χ0v) is 13.0. The monoisotopic (exact) mass is 277 g/mol. The van der Waals surface area contributed by atoms with Crippen LogP contribution in [0.1, 0.15) is 39.7 Å². The van der Waals surface area contributed by atoms with Gasteiger partial charge in [0.15, 0.2) is 0 Å². The van der Waals surface area contributed by atoms with Crippen molar-refractivity contribution in [2.24, 2.45) is 0 Å². The van der Waals surface area contributed by atoms with Gasteiger partial charge in [0.2, 0.25) is 0 Å². The predicted octanol–water partition coefficient (Wildman–Crippen LogP) is 2.53. The molecule has 1 fully saturated rings. The summed E-state index contributed by atoms with van der Waals surface area (Å²) in [5.74, 6) is 0. The largest absolute Gasteiger partial charge is 0.395 e. The topological polar surface area (TPSA) is 41.5 Å². The van der Waals surface area contributed by atoms with E-state index in [-0.39, 0.29) is 29.9 Å². The Balaban J connectivity index is 2.00. The van der Waals surface area contributed by atoms with Crippen molar-refractivity contribution in [3.63, 3.8) is 0 Å². The predicted molar refractivity (Wildman–Crippen MR) is 81.8 cm³/mol. The first-order valence-electron chi connectivity index (χ1n) is 7.43. The van der Waals surface area contributed by atoms with Crippen LogP contribution in [0.4, 0.5) is 0 Å². The molecule has 3 heteroatoms. The van der Waals surface area contributed by atoms with Crippen molar-refractivity contribution >= 4 is 0 Å². The lowest BCUT2D eigenvalue weighted by Crippen LogP contribution is -2.50. The van der Waals surface area contributed by atoms with Crippen molar-refractivity contribution in [1.82, 2.24) is 5.32 Å². The minimum Gasteiger partial charge on any atom is -0.395 e. The third kappa shape index (κ3) is 3.81. The quantitative estimate of drug-likeness (QED) is 0.869. The molecule has 0 spiro atoms. The molecule has 2 N–H and O–H groups in total. The first-order valence-corrected chi connectivity index (χ1v) is 7.43. The second-order valence-electron chi connectivity index (χ2n) is 6.96. The van der Waals surface area contributed by atoms with Crippen molar-refractivity contribution in [1.29, 1.82) is 0 Å². The SMILES string of the molecule is CC1(C)CC(NC(CO)Cc2ccccc2)C(C)(C)O1. The summed E-state index contributed by atoms with van der Waals surface area (Å²) in [7, 11) is 0. The zero-order valence-electron chi connectivity index (χ0n) is 13.0. The lowest BCUT2D eigenvalue weighted by molar-refractivity contribution is -0.0707. The van der Waals surface area contributed by atoms with Crippen molar-refractivity contribution < 1.29 is 9.84 Å². The summed E-state index contributed by atoms with van der Waals surface area (Å²) in [6, 6.07) is 10.6. The second kappa shape index (κ2) is 5.84. The summed E-state index contributed by atoms with van der Waals surface area (Å²) in [5, 5.41) is 13.2. The number of hydrogen-bond donors (Lipinski definition) is 2. The van der Waals surface area contributed by atoms with E-state index in [9.17, 15) is 5.11 Å². The molecule has 1 aromatic rings. The Morgan fingerprint density at radius 1 is 1.25 bits per heavy atom. The van der Waals surface area contributed by atoms with Gasteiger partial charge >= 0.3 is 0 Å². The summed E-state index contributed by atoms with van der Waals surface area (Å²) < 4.78 is 6.10. The zero-order chi connectivity index (χ0) is 14.8. The number of benzene rings is 1. The lowest BCUT2D eigenvalue weighted by atomic mass is 9.93. The van der Waals surface area contributed by atoms with Crippen LogP contribution in [0.3, 0.4) is 0 Å². The Kier molecular flexibility index (Phi) is 4.52. The molecule has 0 aromatic heterocycles. The van der Waals surface area contributed by atoms with Crippen LogP contribution in [-0.2, 0) is 11.2 Å². The van der Waals surface area contributed by atoms with Gasteiger partial charge in [0.25, 0.3) is 0 Å². The van der Waals surface area contributed by atoms with E-state index >= 15 is 0 Å². The maximum Gasteiger partial charge on any atom is 0.0787 e. The Hall–Kier alpha value is -0.900. The van der Waals surface area contributed by atoms with E-state index in [1.165, 1.54) is 5.56 Å². The van der Waals surface area contributed by atoms with E-state index in [0.29, 0.717) is 0 Å². The Morgan fingerprint density at radius 3 is 2.40 bits per heavy atom. The molecule has 0 saturated carbocycles. The van der Waals surface area contributed by atoms with Crippen LogP contribution in [0.2, 0.25) is 0 Å². The van der Waals surface area contributed by atoms with E-state index in [1.54, 1.807) is 0 Å². The van der Waals surface area contributed by atoms with E-state index in [1.807, 2.05) is 18.2 Å². The average Bonchev–Trinajstić information content (AvgIpc) is 2.57. The molecule has 1 aromatic carbocycles. The normalized spacial score (nSPS) is 25.6. The van der Waals surface area contributed by atoms with Crippen LogP contribution in [0.25, 0.3) is 0 Å².